The van der Waals surface area contributed by atoms with Crippen LogP contribution >= 0.6 is 0 Å². The SMILES string of the molecule is [Li][C]1=C(CCCCCC)C(OC(C)(C)C)=CC1. The standard InChI is InChI=1S/C15H25O.Li/c1-5-6-7-8-10-13-11-9-12-14(13)16-15(2,3)4;/h12H,5-10H2,1-4H3;. The molecule has 92 valence electrons. The molecule has 0 spiro atoms. The first kappa shape index (κ1) is 14.9. The van der Waals surface area contributed by atoms with E-state index in [1.807, 2.05) is 0 Å². The molecule has 0 unspecified atom stereocenters. The molecule has 2 heteroatoms. The molecule has 0 aromatic rings. The van der Waals surface area contributed by atoms with Crippen molar-refractivity contribution in [2.45, 2.75) is 71.8 Å². The second kappa shape index (κ2) is 6.71. The third kappa shape index (κ3) is 5.36. The first-order valence-corrected chi connectivity index (χ1v) is 7.02. The van der Waals surface area contributed by atoms with Crippen LogP contribution < -0.4 is 0 Å². The molecule has 0 N–H and O–H groups in total. The number of hydrogen-bond acceptors (Lipinski definition) is 1. The average Bonchev–Trinajstić information content (AvgIpc) is 2.53. The second-order valence-electron chi connectivity index (χ2n) is 6.06. The molecule has 0 heterocycles. The Balaban J connectivity index is 2.50. The zero-order valence-electron chi connectivity index (χ0n) is 12.2. The molecule has 0 amide bonds. The van der Waals surface area contributed by atoms with Crippen molar-refractivity contribution < 1.29 is 4.74 Å². The van der Waals surface area contributed by atoms with E-state index in [0.717, 1.165) is 12.2 Å². The molecule has 1 nitrogen and oxygen atoms in total. The number of allylic oxidation sites excluding steroid dienone is 3. The second-order valence-corrected chi connectivity index (χ2v) is 6.06. The fraction of sp³-hybridized carbons (Fsp3) is 0.733. The maximum atomic E-state index is 6.04. The number of hydrogen-bond donors (Lipinski definition) is 0. The molecule has 0 aromatic carbocycles. The summed E-state index contributed by atoms with van der Waals surface area (Å²) in [6, 6.07) is 0. The van der Waals surface area contributed by atoms with E-state index in [-0.39, 0.29) is 5.60 Å². The van der Waals surface area contributed by atoms with E-state index in [0.29, 0.717) is 0 Å². The van der Waals surface area contributed by atoms with Crippen molar-refractivity contribution in [3.8, 4) is 0 Å². The van der Waals surface area contributed by atoms with Crippen LogP contribution in [0.1, 0.15) is 66.2 Å². The van der Waals surface area contributed by atoms with E-state index < -0.39 is 0 Å². The zero-order valence-corrected chi connectivity index (χ0v) is 12.2. The third-order valence-electron chi connectivity index (χ3n) is 3.10. The predicted octanol–water partition coefficient (Wildman–Crippen LogP) is 4.48. The van der Waals surface area contributed by atoms with E-state index in [1.165, 1.54) is 41.9 Å². The molecule has 0 aromatic heterocycles. The molecule has 0 fully saturated rings. The maximum absolute atomic E-state index is 6.04. The molecule has 1 aliphatic carbocycles. The number of rotatable bonds is 6. The van der Waals surface area contributed by atoms with Gasteiger partial charge in [0.2, 0.25) is 0 Å². The van der Waals surface area contributed by atoms with Gasteiger partial charge in [-0.3, -0.25) is 0 Å². The molecule has 1 aliphatic rings. The summed E-state index contributed by atoms with van der Waals surface area (Å²) in [4.78, 5) is 0. The monoisotopic (exact) mass is 228 g/mol. The summed E-state index contributed by atoms with van der Waals surface area (Å²) < 4.78 is 7.54. The van der Waals surface area contributed by atoms with Crippen molar-refractivity contribution in [1.82, 2.24) is 0 Å². The van der Waals surface area contributed by atoms with Crippen LogP contribution in [0.5, 0.6) is 0 Å². The molecule has 0 bridgehead atoms. The van der Waals surface area contributed by atoms with Crippen LogP contribution in [0.25, 0.3) is 0 Å². The van der Waals surface area contributed by atoms with Gasteiger partial charge in [-0.05, 0) is 0 Å². The predicted molar refractivity (Wildman–Crippen MR) is 75.1 cm³/mol. The van der Waals surface area contributed by atoms with E-state index in [9.17, 15) is 0 Å². The van der Waals surface area contributed by atoms with E-state index in [4.69, 9.17) is 4.74 Å². The van der Waals surface area contributed by atoms with Crippen molar-refractivity contribution in [2.24, 2.45) is 0 Å². The van der Waals surface area contributed by atoms with Gasteiger partial charge in [-0.2, -0.15) is 0 Å². The minimum absolute atomic E-state index is 0.0783. The van der Waals surface area contributed by atoms with Gasteiger partial charge in [0.15, 0.2) is 0 Å². The van der Waals surface area contributed by atoms with Crippen LogP contribution in [0, 0.1) is 0 Å². The summed E-state index contributed by atoms with van der Waals surface area (Å²) in [6.07, 6.45) is 9.81. The minimum atomic E-state index is -0.0783. The molecule has 17 heavy (non-hydrogen) atoms. The van der Waals surface area contributed by atoms with Crippen molar-refractivity contribution in [2.75, 3.05) is 0 Å². The first-order valence-electron chi connectivity index (χ1n) is 7.02. The molecule has 0 saturated heterocycles. The first-order chi connectivity index (χ1) is 7.94. The molecular formula is C15H25LiO. The van der Waals surface area contributed by atoms with Gasteiger partial charge in [-0.1, -0.05) is 0 Å². The van der Waals surface area contributed by atoms with Gasteiger partial charge < -0.3 is 0 Å². The average molecular weight is 228 g/mol. The van der Waals surface area contributed by atoms with Gasteiger partial charge in [0.1, 0.15) is 0 Å². The number of ether oxygens (including phenoxy) is 1. The normalized spacial score (nSPS) is 16.5. The van der Waals surface area contributed by atoms with Gasteiger partial charge in [0.25, 0.3) is 0 Å². The zero-order chi connectivity index (χ0) is 12.9. The Morgan fingerprint density at radius 3 is 2.53 bits per heavy atom. The molecular weight excluding hydrogens is 203 g/mol. The van der Waals surface area contributed by atoms with Gasteiger partial charge >= 0.3 is 116 Å². The van der Waals surface area contributed by atoms with Crippen LogP contribution in [-0.2, 0) is 4.74 Å². The molecule has 0 atom stereocenters. The summed E-state index contributed by atoms with van der Waals surface area (Å²) in [5.74, 6) is 1.14. The third-order valence-corrected chi connectivity index (χ3v) is 3.10. The van der Waals surface area contributed by atoms with Gasteiger partial charge in [0, 0.05) is 0 Å². The Morgan fingerprint density at radius 2 is 1.94 bits per heavy atom. The van der Waals surface area contributed by atoms with Crippen LogP contribution in [-0.4, -0.2) is 23.3 Å². The van der Waals surface area contributed by atoms with Gasteiger partial charge in [-0.15, -0.1) is 0 Å². The summed E-state index contributed by atoms with van der Waals surface area (Å²) in [5, 5.41) is 0. The van der Waals surface area contributed by atoms with Crippen LogP contribution in [0.2, 0.25) is 0 Å². The van der Waals surface area contributed by atoms with Gasteiger partial charge in [0.05, 0.1) is 0 Å². The van der Waals surface area contributed by atoms with Crippen LogP contribution in [0.15, 0.2) is 21.7 Å². The molecule has 1 rings (SSSR count). The summed E-state index contributed by atoms with van der Waals surface area (Å²) in [5.41, 5.74) is 1.39. The summed E-state index contributed by atoms with van der Waals surface area (Å²) in [6.45, 7) is 8.62. The Hall–Kier alpha value is -0.123. The van der Waals surface area contributed by atoms with E-state index >= 15 is 0 Å². The van der Waals surface area contributed by atoms with Crippen molar-refractivity contribution in [1.29, 1.82) is 0 Å². The number of unbranched alkanes of at least 4 members (excludes halogenated alkanes) is 3. The summed E-state index contributed by atoms with van der Waals surface area (Å²) in [7, 11) is 0. The van der Waals surface area contributed by atoms with E-state index in [1.54, 1.807) is 0 Å². The quantitative estimate of drug-likeness (QED) is 0.481. The Bertz CT molecular complexity index is 307. The van der Waals surface area contributed by atoms with Crippen LogP contribution in [0.4, 0.5) is 0 Å². The molecule has 0 saturated carbocycles. The van der Waals surface area contributed by atoms with Crippen molar-refractivity contribution in [3.63, 3.8) is 0 Å². The van der Waals surface area contributed by atoms with Crippen LogP contribution in [0.3, 0.4) is 0 Å². The van der Waals surface area contributed by atoms with Gasteiger partial charge in [-0.25, -0.2) is 0 Å². The Morgan fingerprint density at radius 1 is 1.24 bits per heavy atom. The fourth-order valence-electron chi connectivity index (χ4n) is 2.20. The topological polar surface area (TPSA) is 9.23 Å². The summed E-state index contributed by atoms with van der Waals surface area (Å²) >= 11 is 2.24. The Labute approximate surface area is 116 Å². The molecule has 0 aliphatic heterocycles. The van der Waals surface area contributed by atoms with Crippen molar-refractivity contribution >= 4 is 17.7 Å². The Kier molecular flexibility index (Phi) is 5.90. The molecule has 0 radical (unpaired) electrons. The fourth-order valence-corrected chi connectivity index (χ4v) is 2.20. The van der Waals surface area contributed by atoms with Crippen molar-refractivity contribution in [3.05, 3.63) is 21.7 Å². The van der Waals surface area contributed by atoms with E-state index in [2.05, 4.69) is 51.5 Å².